The molecule has 98 valence electrons. The van der Waals surface area contributed by atoms with Crippen molar-refractivity contribution in [2.24, 2.45) is 16.9 Å². The number of hydrogen-bond acceptors (Lipinski definition) is 3. The SMILES string of the molecule is COCCNC(=S)NN=C1[C@@H](C)CCC[C@@H]1C. The van der Waals surface area contributed by atoms with Crippen LogP contribution in [0.5, 0.6) is 0 Å². The van der Waals surface area contributed by atoms with Crippen molar-refractivity contribution >= 4 is 23.0 Å². The second-order valence-corrected chi connectivity index (χ2v) is 5.04. The molecule has 0 aromatic rings. The van der Waals surface area contributed by atoms with E-state index in [1.807, 2.05) is 0 Å². The van der Waals surface area contributed by atoms with Crippen molar-refractivity contribution in [1.29, 1.82) is 0 Å². The number of thiocarbonyl (C=S) groups is 1. The van der Waals surface area contributed by atoms with Gasteiger partial charge < -0.3 is 10.1 Å². The van der Waals surface area contributed by atoms with Gasteiger partial charge in [0.15, 0.2) is 5.11 Å². The summed E-state index contributed by atoms with van der Waals surface area (Å²) in [5.41, 5.74) is 4.17. The number of rotatable bonds is 4. The number of nitrogens with one attached hydrogen (secondary N) is 2. The summed E-state index contributed by atoms with van der Waals surface area (Å²) >= 11 is 5.13. The molecule has 4 nitrogen and oxygen atoms in total. The standard InChI is InChI=1S/C12H23N3OS/c1-9-5-4-6-10(2)11(9)14-15-12(17)13-7-8-16-3/h9-10H,4-8H2,1-3H3,(H2,13,15,17)/t9-,10-/m0/s1. The summed E-state index contributed by atoms with van der Waals surface area (Å²) in [6.45, 7) is 5.82. The number of nitrogens with zero attached hydrogens (tertiary/aromatic N) is 1. The maximum Gasteiger partial charge on any atom is 0.187 e. The Morgan fingerprint density at radius 1 is 1.41 bits per heavy atom. The average molecular weight is 257 g/mol. The fourth-order valence-corrected chi connectivity index (χ4v) is 2.30. The van der Waals surface area contributed by atoms with Crippen LogP contribution in [0.25, 0.3) is 0 Å². The predicted octanol–water partition coefficient (Wildman–Crippen LogP) is 1.91. The van der Waals surface area contributed by atoms with E-state index >= 15 is 0 Å². The fraction of sp³-hybridized carbons (Fsp3) is 0.833. The number of methoxy groups -OCH3 is 1. The summed E-state index contributed by atoms with van der Waals surface area (Å²) in [4.78, 5) is 0. The van der Waals surface area contributed by atoms with Crippen LogP contribution >= 0.6 is 12.2 Å². The Kier molecular flexibility index (Phi) is 6.44. The topological polar surface area (TPSA) is 45.6 Å². The van der Waals surface area contributed by atoms with Crippen molar-refractivity contribution in [3.05, 3.63) is 0 Å². The van der Waals surface area contributed by atoms with E-state index < -0.39 is 0 Å². The zero-order valence-electron chi connectivity index (χ0n) is 11.0. The molecule has 0 aliphatic heterocycles. The highest BCUT2D eigenvalue weighted by atomic mass is 32.1. The fourth-order valence-electron chi connectivity index (χ4n) is 2.15. The molecule has 1 saturated carbocycles. The van der Waals surface area contributed by atoms with E-state index in [0.717, 1.165) is 0 Å². The average Bonchev–Trinajstić information content (AvgIpc) is 2.29. The van der Waals surface area contributed by atoms with Gasteiger partial charge in [0.25, 0.3) is 0 Å². The van der Waals surface area contributed by atoms with Crippen LogP contribution in [0.1, 0.15) is 33.1 Å². The van der Waals surface area contributed by atoms with E-state index in [9.17, 15) is 0 Å². The van der Waals surface area contributed by atoms with Gasteiger partial charge in [-0.05, 0) is 36.9 Å². The molecule has 1 rings (SSSR count). The Labute approximate surface area is 109 Å². The summed E-state index contributed by atoms with van der Waals surface area (Å²) in [6.07, 6.45) is 3.77. The minimum Gasteiger partial charge on any atom is -0.383 e. The van der Waals surface area contributed by atoms with Crippen LogP contribution in [0.2, 0.25) is 0 Å². The van der Waals surface area contributed by atoms with E-state index in [-0.39, 0.29) is 0 Å². The van der Waals surface area contributed by atoms with Crippen molar-refractivity contribution in [1.82, 2.24) is 10.7 Å². The van der Waals surface area contributed by atoms with Crippen LogP contribution in [-0.2, 0) is 4.74 Å². The van der Waals surface area contributed by atoms with Crippen molar-refractivity contribution < 1.29 is 4.74 Å². The lowest BCUT2D eigenvalue weighted by atomic mass is 9.81. The number of ether oxygens (including phenoxy) is 1. The zero-order chi connectivity index (χ0) is 12.7. The highest BCUT2D eigenvalue weighted by Gasteiger charge is 2.22. The summed E-state index contributed by atoms with van der Waals surface area (Å²) in [5.74, 6) is 1.13. The minimum atomic E-state index is 0.563. The maximum absolute atomic E-state index is 5.13. The van der Waals surface area contributed by atoms with Crippen molar-refractivity contribution in [3.63, 3.8) is 0 Å². The third-order valence-electron chi connectivity index (χ3n) is 3.16. The van der Waals surface area contributed by atoms with Crippen LogP contribution < -0.4 is 10.7 Å². The summed E-state index contributed by atoms with van der Waals surface area (Å²) in [5, 5.41) is 8.06. The van der Waals surface area contributed by atoms with Crippen molar-refractivity contribution in [2.45, 2.75) is 33.1 Å². The Balaban J connectivity index is 2.37. The first-order chi connectivity index (χ1) is 8.15. The van der Waals surface area contributed by atoms with Crippen molar-refractivity contribution in [3.8, 4) is 0 Å². The van der Waals surface area contributed by atoms with Crippen LogP contribution in [0.15, 0.2) is 5.10 Å². The Morgan fingerprint density at radius 2 is 2.06 bits per heavy atom. The van der Waals surface area contributed by atoms with Gasteiger partial charge in [0.1, 0.15) is 0 Å². The molecule has 0 saturated heterocycles. The van der Waals surface area contributed by atoms with Gasteiger partial charge in [-0.25, -0.2) is 0 Å². The molecule has 0 spiro atoms. The first kappa shape index (κ1) is 14.4. The molecule has 0 aromatic carbocycles. The molecular formula is C12H23N3OS. The summed E-state index contributed by atoms with van der Waals surface area (Å²) in [6, 6.07) is 0. The molecule has 2 atom stereocenters. The minimum absolute atomic E-state index is 0.563. The zero-order valence-corrected chi connectivity index (χ0v) is 11.8. The van der Waals surface area contributed by atoms with E-state index in [1.54, 1.807) is 7.11 Å². The number of hydrogen-bond donors (Lipinski definition) is 2. The quantitative estimate of drug-likeness (QED) is 0.459. The first-order valence-corrected chi connectivity index (χ1v) is 6.66. The third kappa shape index (κ3) is 5.00. The predicted molar refractivity (Wildman–Crippen MR) is 75.2 cm³/mol. The highest BCUT2D eigenvalue weighted by Crippen LogP contribution is 2.25. The second-order valence-electron chi connectivity index (χ2n) is 4.63. The van der Waals surface area contributed by atoms with Gasteiger partial charge in [-0.3, -0.25) is 5.43 Å². The first-order valence-electron chi connectivity index (χ1n) is 6.25. The van der Waals surface area contributed by atoms with Gasteiger partial charge in [-0.2, -0.15) is 5.10 Å². The van der Waals surface area contributed by atoms with Gasteiger partial charge in [-0.1, -0.05) is 20.3 Å². The molecule has 0 unspecified atom stereocenters. The van der Waals surface area contributed by atoms with Crippen molar-refractivity contribution in [2.75, 3.05) is 20.3 Å². The lowest BCUT2D eigenvalue weighted by Crippen LogP contribution is -2.36. The Morgan fingerprint density at radius 3 is 2.65 bits per heavy atom. The molecule has 1 aliphatic carbocycles. The van der Waals surface area contributed by atoms with Gasteiger partial charge in [0.2, 0.25) is 0 Å². The molecule has 0 bridgehead atoms. The molecular weight excluding hydrogens is 234 g/mol. The maximum atomic E-state index is 5.13. The lowest BCUT2D eigenvalue weighted by molar-refractivity contribution is 0.204. The molecule has 0 heterocycles. The lowest BCUT2D eigenvalue weighted by Gasteiger charge is -2.26. The van der Waals surface area contributed by atoms with Gasteiger partial charge >= 0.3 is 0 Å². The van der Waals surface area contributed by atoms with Crippen LogP contribution in [0.3, 0.4) is 0 Å². The molecule has 1 fully saturated rings. The van der Waals surface area contributed by atoms with Gasteiger partial charge in [-0.15, -0.1) is 0 Å². The van der Waals surface area contributed by atoms with Crippen LogP contribution in [-0.4, -0.2) is 31.1 Å². The second kappa shape index (κ2) is 7.61. The van der Waals surface area contributed by atoms with E-state index in [1.165, 1.54) is 25.0 Å². The molecule has 17 heavy (non-hydrogen) atoms. The summed E-state index contributed by atoms with van der Waals surface area (Å²) in [7, 11) is 1.67. The molecule has 5 heteroatoms. The van der Waals surface area contributed by atoms with E-state index in [4.69, 9.17) is 17.0 Å². The number of hydrazone groups is 1. The molecule has 2 N–H and O–H groups in total. The molecule has 1 aliphatic rings. The normalized spacial score (nSPS) is 24.3. The highest BCUT2D eigenvalue weighted by molar-refractivity contribution is 7.80. The Bertz CT molecular complexity index is 269. The molecule has 0 amide bonds. The monoisotopic (exact) mass is 257 g/mol. The molecule has 0 aromatic heterocycles. The van der Waals surface area contributed by atoms with Crippen LogP contribution in [0.4, 0.5) is 0 Å². The van der Waals surface area contributed by atoms with E-state index in [0.29, 0.717) is 30.1 Å². The third-order valence-corrected chi connectivity index (χ3v) is 3.40. The molecule has 0 radical (unpaired) electrons. The van der Waals surface area contributed by atoms with Gasteiger partial charge in [0, 0.05) is 19.4 Å². The van der Waals surface area contributed by atoms with E-state index in [2.05, 4.69) is 29.7 Å². The van der Waals surface area contributed by atoms with Gasteiger partial charge in [0.05, 0.1) is 6.61 Å². The largest absolute Gasteiger partial charge is 0.383 e. The van der Waals surface area contributed by atoms with Crippen LogP contribution in [0, 0.1) is 11.8 Å². The smallest absolute Gasteiger partial charge is 0.187 e. The summed E-state index contributed by atoms with van der Waals surface area (Å²) < 4.78 is 4.94. The Hall–Kier alpha value is -0.680.